The van der Waals surface area contributed by atoms with Crippen molar-refractivity contribution in [3.05, 3.63) is 29.8 Å². The molecule has 0 radical (unpaired) electrons. The zero-order chi connectivity index (χ0) is 20.7. The van der Waals surface area contributed by atoms with Crippen LogP contribution in [0, 0.1) is 0 Å². The van der Waals surface area contributed by atoms with E-state index in [2.05, 4.69) is 10.2 Å². The number of hydrogen-bond donors (Lipinski definition) is 2. The number of piperazine rings is 1. The van der Waals surface area contributed by atoms with Crippen molar-refractivity contribution in [1.82, 2.24) is 15.1 Å². The Labute approximate surface area is 161 Å². The highest BCUT2D eigenvalue weighted by atomic mass is 19.4. The van der Waals surface area contributed by atoms with Crippen LogP contribution in [-0.2, 0) is 11.0 Å². The third kappa shape index (κ3) is 6.59. The smallest absolute Gasteiger partial charge is 0.416 e. The Morgan fingerprint density at radius 3 is 2.32 bits per heavy atom. The number of benzene rings is 1. The van der Waals surface area contributed by atoms with Gasteiger partial charge in [-0.05, 0) is 37.6 Å². The third-order valence-corrected chi connectivity index (χ3v) is 4.46. The van der Waals surface area contributed by atoms with Crippen LogP contribution in [0.1, 0.15) is 18.9 Å². The van der Waals surface area contributed by atoms with E-state index in [9.17, 15) is 22.8 Å². The molecule has 1 heterocycles. The molecule has 1 aliphatic heterocycles. The predicted molar refractivity (Wildman–Crippen MR) is 95.2 cm³/mol. The van der Waals surface area contributed by atoms with E-state index in [1.807, 2.05) is 0 Å². The van der Waals surface area contributed by atoms with Crippen molar-refractivity contribution in [2.24, 2.45) is 0 Å². The summed E-state index contributed by atoms with van der Waals surface area (Å²) in [7, 11) is 0. The van der Waals surface area contributed by atoms with Crippen molar-refractivity contribution < 1.29 is 32.6 Å². The number of carbonyl (C=O) groups is 2. The number of hydrogen-bond acceptors (Lipinski definition) is 4. The minimum absolute atomic E-state index is 0.243. The molecule has 1 aromatic carbocycles. The van der Waals surface area contributed by atoms with Crippen LogP contribution < -0.4 is 10.1 Å². The number of halogens is 3. The minimum atomic E-state index is -4.36. The van der Waals surface area contributed by atoms with Crippen LogP contribution in [0.25, 0.3) is 0 Å². The molecule has 0 saturated carbocycles. The molecule has 7 nitrogen and oxygen atoms in total. The zero-order valence-corrected chi connectivity index (χ0v) is 15.5. The first-order valence-corrected chi connectivity index (χ1v) is 8.97. The Kier molecular flexibility index (Phi) is 7.50. The highest BCUT2D eigenvalue weighted by Gasteiger charge is 2.30. The van der Waals surface area contributed by atoms with E-state index < -0.39 is 23.9 Å². The summed E-state index contributed by atoms with van der Waals surface area (Å²) < 4.78 is 43.0. The fraction of sp³-hybridized carbons (Fsp3) is 0.556. The van der Waals surface area contributed by atoms with Gasteiger partial charge < -0.3 is 20.1 Å². The average molecular weight is 403 g/mol. The van der Waals surface area contributed by atoms with Gasteiger partial charge in [-0.25, -0.2) is 4.79 Å². The van der Waals surface area contributed by atoms with Gasteiger partial charge in [0, 0.05) is 32.7 Å². The van der Waals surface area contributed by atoms with Gasteiger partial charge >= 0.3 is 12.3 Å². The number of rotatable bonds is 7. The molecule has 2 N–H and O–H groups in total. The van der Waals surface area contributed by atoms with E-state index in [-0.39, 0.29) is 5.91 Å². The lowest BCUT2D eigenvalue weighted by Gasteiger charge is -2.35. The SMILES string of the molecule is CC(NC(=O)O)C(=O)N1CCN(CCCOc2ccc(C(F)(F)F)cc2)CC1. The summed E-state index contributed by atoms with van der Waals surface area (Å²) in [5.41, 5.74) is -0.708. The van der Waals surface area contributed by atoms with Crippen molar-refractivity contribution in [3.8, 4) is 5.75 Å². The molecule has 10 heteroatoms. The van der Waals surface area contributed by atoms with Gasteiger partial charge in [0.1, 0.15) is 11.8 Å². The maximum Gasteiger partial charge on any atom is 0.416 e. The second-order valence-electron chi connectivity index (χ2n) is 6.56. The molecule has 0 spiro atoms. The maximum atomic E-state index is 12.5. The molecule has 0 aromatic heterocycles. The Hall–Kier alpha value is -2.49. The minimum Gasteiger partial charge on any atom is -0.494 e. The van der Waals surface area contributed by atoms with E-state index in [1.54, 1.807) is 4.90 Å². The number of amides is 2. The van der Waals surface area contributed by atoms with E-state index in [0.717, 1.165) is 18.7 Å². The van der Waals surface area contributed by atoms with Gasteiger partial charge in [0.15, 0.2) is 0 Å². The first kappa shape index (κ1) is 21.8. The summed E-state index contributed by atoms with van der Waals surface area (Å²) >= 11 is 0. The Morgan fingerprint density at radius 2 is 1.79 bits per heavy atom. The first-order chi connectivity index (χ1) is 13.2. The van der Waals surface area contributed by atoms with E-state index >= 15 is 0 Å². The zero-order valence-electron chi connectivity index (χ0n) is 15.5. The summed E-state index contributed by atoms with van der Waals surface area (Å²) in [4.78, 5) is 26.5. The summed E-state index contributed by atoms with van der Waals surface area (Å²) in [6.07, 6.45) is -4.89. The number of carbonyl (C=O) groups excluding carboxylic acids is 1. The highest BCUT2D eigenvalue weighted by Crippen LogP contribution is 2.30. The van der Waals surface area contributed by atoms with Crippen LogP contribution in [0.5, 0.6) is 5.75 Å². The van der Waals surface area contributed by atoms with Gasteiger partial charge in [-0.2, -0.15) is 13.2 Å². The van der Waals surface area contributed by atoms with Crippen molar-refractivity contribution in [3.63, 3.8) is 0 Å². The normalized spacial score (nSPS) is 16.5. The number of carboxylic acid groups (broad SMARTS) is 1. The van der Waals surface area contributed by atoms with E-state index in [1.165, 1.54) is 19.1 Å². The highest BCUT2D eigenvalue weighted by molar-refractivity contribution is 5.85. The molecule has 2 rings (SSSR count). The lowest BCUT2D eigenvalue weighted by atomic mass is 10.2. The molecule has 28 heavy (non-hydrogen) atoms. The maximum absolute atomic E-state index is 12.5. The lowest BCUT2D eigenvalue weighted by Crippen LogP contribution is -2.54. The van der Waals surface area contributed by atoms with Crippen LogP contribution in [0.2, 0.25) is 0 Å². The molecule has 156 valence electrons. The molecular weight excluding hydrogens is 379 g/mol. The average Bonchev–Trinajstić information content (AvgIpc) is 2.64. The molecule has 0 bridgehead atoms. The lowest BCUT2D eigenvalue weighted by molar-refractivity contribution is -0.137. The van der Waals surface area contributed by atoms with Crippen molar-refractivity contribution >= 4 is 12.0 Å². The Morgan fingerprint density at radius 1 is 1.18 bits per heavy atom. The standard InChI is InChI=1S/C18H24F3N3O4/c1-13(22-17(26)27)16(25)24-10-8-23(9-11-24)7-2-12-28-15-5-3-14(4-6-15)18(19,20)21/h3-6,13,22H,2,7-12H2,1H3,(H,26,27). The molecule has 1 fully saturated rings. The summed E-state index contributed by atoms with van der Waals surface area (Å²) in [6, 6.07) is 3.82. The van der Waals surface area contributed by atoms with Gasteiger partial charge in [-0.15, -0.1) is 0 Å². The molecule has 1 atom stereocenters. The molecule has 1 aliphatic rings. The van der Waals surface area contributed by atoms with Crippen molar-refractivity contribution in [2.45, 2.75) is 25.6 Å². The first-order valence-electron chi connectivity index (χ1n) is 8.97. The fourth-order valence-electron chi connectivity index (χ4n) is 2.93. The van der Waals surface area contributed by atoms with Crippen molar-refractivity contribution in [2.75, 3.05) is 39.3 Å². The number of nitrogens with one attached hydrogen (secondary N) is 1. The number of ether oxygens (including phenoxy) is 1. The predicted octanol–water partition coefficient (Wildman–Crippen LogP) is 2.27. The number of nitrogens with zero attached hydrogens (tertiary/aromatic N) is 2. The third-order valence-electron chi connectivity index (χ3n) is 4.46. The second kappa shape index (κ2) is 9.63. The molecule has 0 aliphatic carbocycles. The van der Waals surface area contributed by atoms with Crippen LogP contribution in [-0.4, -0.2) is 72.3 Å². The van der Waals surface area contributed by atoms with E-state index in [0.29, 0.717) is 45.0 Å². The summed E-state index contributed by atoms with van der Waals surface area (Å²) in [6.45, 7) is 5.02. The van der Waals surface area contributed by atoms with Crippen LogP contribution in [0.3, 0.4) is 0 Å². The van der Waals surface area contributed by atoms with Gasteiger partial charge in [-0.3, -0.25) is 9.69 Å². The molecule has 1 unspecified atom stereocenters. The molecular formula is C18H24F3N3O4. The van der Waals surface area contributed by atoms with Crippen molar-refractivity contribution in [1.29, 1.82) is 0 Å². The van der Waals surface area contributed by atoms with Crippen LogP contribution in [0.15, 0.2) is 24.3 Å². The summed E-state index contributed by atoms with van der Waals surface area (Å²) in [5.74, 6) is 0.149. The largest absolute Gasteiger partial charge is 0.494 e. The monoisotopic (exact) mass is 403 g/mol. The fourth-order valence-corrected chi connectivity index (χ4v) is 2.93. The van der Waals surface area contributed by atoms with Gasteiger partial charge in [0.25, 0.3) is 0 Å². The topological polar surface area (TPSA) is 82.1 Å². The Bertz CT molecular complexity index is 659. The number of alkyl halides is 3. The molecule has 1 saturated heterocycles. The summed E-state index contributed by atoms with van der Waals surface area (Å²) in [5, 5.41) is 10.8. The molecule has 1 aromatic rings. The van der Waals surface area contributed by atoms with Gasteiger partial charge in [-0.1, -0.05) is 0 Å². The quantitative estimate of drug-likeness (QED) is 0.683. The Balaban J connectivity index is 1.65. The molecule has 2 amide bonds. The van der Waals surface area contributed by atoms with Gasteiger partial charge in [0.2, 0.25) is 5.91 Å². The van der Waals surface area contributed by atoms with Crippen LogP contribution in [0.4, 0.5) is 18.0 Å². The van der Waals surface area contributed by atoms with Gasteiger partial charge in [0.05, 0.1) is 12.2 Å². The van der Waals surface area contributed by atoms with E-state index in [4.69, 9.17) is 9.84 Å². The second-order valence-corrected chi connectivity index (χ2v) is 6.56. The van der Waals surface area contributed by atoms with Crippen LogP contribution >= 0.6 is 0 Å².